The molecule has 29 heavy (non-hydrogen) atoms. The largest absolute Gasteiger partial charge is 0.479 e. The van der Waals surface area contributed by atoms with Crippen LogP contribution in [0.15, 0.2) is 35.6 Å². The number of hydrogen-bond acceptors (Lipinski definition) is 6. The fraction of sp³-hybridized carbons (Fsp3) is 0.500. The van der Waals surface area contributed by atoms with Crippen LogP contribution < -0.4 is 5.32 Å². The zero-order chi connectivity index (χ0) is 21.7. The molecule has 1 fully saturated rings. The Morgan fingerprint density at radius 1 is 1.28 bits per heavy atom. The fourth-order valence-electron chi connectivity index (χ4n) is 3.58. The molecule has 1 aliphatic rings. The Balaban J connectivity index is 2.64. The molecule has 7 heteroatoms. The average molecular weight is 420 g/mol. The molecule has 0 aromatic heterocycles. The second-order valence-corrected chi connectivity index (χ2v) is 8.33. The van der Waals surface area contributed by atoms with E-state index < -0.39 is 23.0 Å². The van der Waals surface area contributed by atoms with Crippen molar-refractivity contribution in [3.8, 4) is 0 Å². The minimum atomic E-state index is -1.41. The highest BCUT2D eigenvalue weighted by Gasteiger charge is 2.56. The number of carbonyl (C=O) groups is 1. The summed E-state index contributed by atoms with van der Waals surface area (Å²) >= 11 is 5.97. The minimum absolute atomic E-state index is 0.102. The number of ether oxygens (including phenoxy) is 2. The van der Waals surface area contributed by atoms with Crippen LogP contribution in [0.5, 0.6) is 0 Å². The Labute approximate surface area is 175 Å². The first-order valence-electron chi connectivity index (χ1n) is 9.55. The summed E-state index contributed by atoms with van der Waals surface area (Å²) in [6.07, 6.45) is 1.30. The van der Waals surface area contributed by atoms with Crippen molar-refractivity contribution < 1.29 is 23.9 Å². The molecular weight excluding hydrogens is 394 g/mol. The minimum Gasteiger partial charge on any atom is -0.479 e. The molecule has 0 saturated heterocycles. The Bertz CT molecular complexity index is 845. The summed E-state index contributed by atoms with van der Waals surface area (Å²) in [5.74, 6) is 3.06. The van der Waals surface area contributed by atoms with Crippen LogP contribution in [0.4, 0.5) is 5.69 Å². The maximum atomic E-state index is 13.1. The lowest BCUT2D eigenvalue weighted by Gasteiger charge is -2.38. The molecule has 1 aromatic rings. The summed E-state index contributed by atoms with van der Waals surface area (Å²) in [5.41, 5.74) is -1.26. The molecule has 0 radical (unpaired) electrons. The molecule has 0 spiro atoms. The van der Waals surface area contributed by atoms with Gasteiger partial charge in [-0.1, -0.05) is 11.6 Å². The lowest BCUT2D eigenvalue weighted by molar-refractivity contribution is -0.153. The quantitative estimate of drug-likeness (QED) is 0.406. The van der Waals surface area contributed by atoms with E-state index in [1.54, 1.807) is 52.0 Å². The highest BCUT2D eigenvalue weighted by Crippen LogP contribution is 2.48. The number of halogens is 1. The topological polar surface area (TPSA) is 81.7 Å². The molecule has 2 rings (SSSR count). The number of nitrogens with one attached hydrogen (secondary N) is 1. The van der Waals surface area contributed by atoms with E-state index in [9.17, 15) is 14.4 Å². The maximum Gasteiger partial charge on any atom is 0.319 e. The van der Waals surface area contributed by atoms with E-state index in [1.807, 2.05) is 11.9 Å². The second kappa shape index (κ2) is 9.32. The van der Waals surface area contributed by atoms with Crippen molar-refractivity contribution in [1.29, 1.82) is 0 Å². The first-order chi connectivity index (χ1) is 13.7. The first-order valence-corrected chi connectivity index (χ1v) is 9.93. The van der Waals surface area contributed by atoms with Crippen LogP contribution in [-0.4, -0.2) is 36.1 Å². The van der Waals surface area contributed by atoms with Gasteiger partial charge in [0.1, 0.15) is 23.0 Å². The van der Waals surface area contributed by atoms with Crippen LogP contribution in [0, 0.1) is 5.41 Å². The summed E-state index contributed by atoms with van der Waals surface area (Å²) in [5, 5.41) is 3.72. The first kappa shape index (κ1) is 22.8. The van der Waals surface area contributed by atoms with Crippen LogP contribution in [0.3, 0.4) is 0 Å². The second-order valence-electron chi connectivity index (χ2n) is 7.89. The van der Waals surface area contributed by atoms with Crippen LogP contribution in [-0.2, 0) is 23.9 Å². The van der Waals surface area contributed by atoms with Crippen molar-refractivity contribution in [1.82, 2.24) is 0 Å². The van der Waals surface area contributed by atoms with E-state index in [2.05, 4.69) is 5.32 Å². The van der Waals surface area contributed by atoms with Crippen molar-refractivity contribution in [2.45, 2.75) is 58.6 Å². The monoisotopic (exact) mass is 419 g/mol. The van der Waals surface area contributed by atoms with Crippen molar-refractivity contribution >= 4 is 35.1 Å². The van der Waals surface area contributed by atoms with E-state index in [0.29, 0.717) is 30.0 Å². The molecule has 0 aliphatic heterocycles. The van der Waals surface area contributed by atoms with Gasteiger partial charge in [0.05, 0.1) is 6.61 Å². The van der Waals surface area contributed by atoms with Crippen molar-refractivity contribution in [2.24, 2.45) is 5.41 Å². The normalized spacial score (nSPS) is 19.7. The Kier molecular flexibility index (Phi) is 7.32. The van der Waals surface area contributed by atoms with Gasteiger partial charge in [-0.2, -0.15) is 0 Å². The zero-order valence-electron chi connectivity index (χ0n) is 17.1. The van der Waals surface area contributed by atoms with Crippen molar-refractivity contribution in [2.75, 3.05) is 11.9 Å². The molecule has 2 unspecified atom stereocenters. The molecular formula is C22H26ClNO5. The molecule has 1 saturated carbocycles. The third-order valence-corrected chi connectivity index (χ3v) is 4.98. The standard InChI is InChI=1S/C22H26ClNO5/c1-5-28-20(27)22(12-6-7-15(22)13-25)19(18(14-26)29-21(2,3)4)24-17-10-8-16(23)9-11-17/h8-11,19,24H,5-7,12H2,1-4H3. The van der Waals surface area contributed by atoms with Crippen molar-refractivity contribution in [3.63, 3.8) is 0 Å². The predicted molar refractivity (Wildman–Crippen MR) is 111 cm³/mol. The van der Waals surface area contributed by atoms with Crippen LogP contribution in [0.25, 0.3) is 0 Å². The third kappa shape index (κ3) is 5.10. The smallest absolute Gasteiger partial charge is 0.319 e. The Morgan fingerprint density at radius 2 is 1.93 bits per heavy atom. The number of hydrogen-bond donors (Lipinski definition) is 1. The summed E-state index contributed by atoms with van der Waals surface area (Å²) in [6.45, 7) is 7.18. The molecule has 0 amide bonds. The van der Waals surface area contributed by atoms with Gasteiger partial charge in [-0.25, -0.2) is 9.59 Å². The number of anilines is 1. The molecule has 156 valence electrons. The van der Waals surface area contributed by atoms with Crippen LogP contribution >= 0.6 is 11.6 Å². The molecule has 2 atom stereocenters. The van der Waals surface area contributed by atoms with E-state index in [1.165, 1.54) is 0 Å². The third-order valence-electron chi connectivity index (χ3n) is 4.73. The van der Waals surface area contributed by atoms with Gasteiger partial charge >= 0.3 is 5.97 Å². The molecule has 0 bridgehead atoms. The lowest BCUT2D eigenvalue weighted by atomic mass is 9.74. The van der Waals surface area contributed by atoms with E-state index in [4.69, 9.17) is 21.1 Å². The number of benzene rings is 1. The number of esters is 1. The molecule has 1 aromatic carbocycles. The van der Waals surface area contributed by atoms with Gasteiger partial charge in [0.2, 0.25) is 5.76 Å². The van der Waals surface area contributed by atoms with Gasteiger partial charge in [0, 0.05) is 16.3 Å². The number of rotatable bonds is 7. The van der Waals surface area contributed by atoms with Gasteiger partial charge in [-0.15, -0.1) is 0 Å². The average Bonchev–Trinajstić information content (AvgIpc) is 3.10. The fourth-order valence-corrected chi connectivity index (χ4v) is 3.70. The highest BCUT2D eigenvalue weighted by molar-refractivity contribution is 6.30. The van der Waals surface area contributed by atoms with Crippen LogP contribution in [0.1, 0.15) is 47.0 Å². The molecule has 0 heterocycles. The summed E-state index contributed by atoms with van der Waals surface area (Å²) in [4.78, 5) is 36.8. The maximum absolute atomic E-state index is 13.1. The van der Waals surface area contributed by atoms with E-state index >= 15 is 0 Å². The predicted octanol–water partition coefficient (Wildman–Crippen LogP) is 4.14. The summed E-state index contributed by atoms with van der Waals surface area (Å²) in [6, 6.07) is 5.80. The SMILES string of the molecule is CCOC(=O)C1(C(Nc2ccc(Cl)cc2)C(=C=O)OC(C)(C)C)CCCC1=C=O. The Hall–Kier alpha value is -2.52. The Morgan fingerprint density at radius 3 is 2.45 bits per heavy atom. The molecule has 1 N–H and O–H groups in total. The summed E-state index contributed by atoms with van der Waals surface area (Å²) < 4.78 is 11.2. The van der Waals surface area contributed by atoms with Gasteiger partial charge < -0.3 is 14.8 Å². The van der Waals surface area contributed by atoms with Crippen LogP contribution in [0.2, 0.25) is 5.02 Å². The van der Waals surface area contributed by atoms with Gasteiger partial charge in [0.25, 0.3) is 0 Å². The van der Waals surface area contributed by atoms with Gasteiger partial charge in [0.15, 0.2) is 5.94 Å². The van der Waals surface area contributed by atoms with Gasteiger partial charge in [-0.05, 0) is 71.2 Å². The van der Waals surface area contributed by atoms with Crippen molar-refractivity contribution in [3.05, 3.63) is 40.6 Å². The van der Waals surface area contributed by atoms with E-state index in [0.717, 1.165) is 0 Å². The van der Waals surface area contributed by atoms with E-state index in [-0.39, 0.29) is 17.9 Å². The van der Waals surface area contributed by atoms with Gasteiger partial charge in [-0.3, -0.25) is 4.79 Å². The molecule has 1 aliphatic carbocycles. The summed E-state index contributed by atoms with van der Waals surface area (Å²) in [7, 11) is 0. The number of carbonyl (C=O) groups excluding carboxylic acids is 3. The molecule has 6 nitrogen and oxygen atoms in total. The zero-order valence-corrected chi connectivity index (χ0v) is 17.9. The lowest BCUT2D eigenvalue weighted by Crippen LogP contribution is -2.49. The highest BCUT2D eigenvalue weighted by atomic mass is 35.5.